The maximum Gasteiger partial charge on any atom is 0.405 e. The van der Waals surface area contributed by atoms with Gasteiger partial charge in [0.25, 0.3) is 0 Å². The number of anilines is 2. The lowest BCUT2D eigenvalue weighted by atomic mass is 10.1. The molecule has 12 heteroatoms. The van der Waals surface area contributed by atoms with E-state index in [2.05, 4.69) is 9.97 Å². The Balaban J connectivity index is 2.52. The molecule has 1 N–H and O–H groups in total. The fraction of sp³-hybridized carbons (Fsp3) is 0.267. The first kappa shape index (κ1) is 20.6. The topological polar surface area (TPSA) is 64.8 Å². The van der Waals surface area contributed by atoms with Crippen molar-refractivity contribution in [3.8, 4) is 6.19 Å². The number of halogens is 7. The average molecular weight is 410 g/mol. The Hall–Kier alpha value is -2.74. The molecular weight excluding hydrogens is 400 g/mol. The highest BCUT2D eigenvalue weighted by Crippen LogP contribution is 2.29. The molecule has 0 spiro atoms. The number of hydrogen-bond acceptors (Lipinski definition) is 5. The first-order valence-electron chi connectivity index (χ1n) is 7.15. The minimum atomic E-state index is -4.62. The molecule has 0 saturated carbocycles. The summed E-state index contributed by atoms with van der Waals surface area (Å²) in [6, 6.07) is 0.849. The molecule has 0 aliphatic heterocycles. The molecule has 27 heavy (non-hydrogen) atoms. The zero-order valence-corrected chi connectivity index (χ0v) is 14.3. The lowest BCUT2D eigenvalue weighted by molar-refractivity contribution is -0.115. The summed E-state index contributed by atoms with van der Waals surface area (Å²) in [7, 11) is 1.23. The summed E-state index contributed by atoms with van der Waals surface area (Å²) in [6.45, 7) is -1.52. The van der Waals surface area contributed by atoms with Gasteiger partial charge in [0.05, 0.1) is 0 Å². The van der Waals surface area contributed by atoms with Crippen LogP contribution in [0.25, 0.3) is 0 Å². The van der Waals surface area contributed by atoms with Crippen molar-refractivity contribution in [1.82, 2.24) is 9.97 Å². The maximum atomic E-state index is 13.9. The molecule has 0 bridgehead atoms. The number of nitrogens with zero attached hydrogens (tertiary/aromatic N) is 4. The number of hydrogen-bond donors (Lipinski definition) is 1. The summed E-state index contributed by atoms with van der Waals surface area (Å²) >= 11 is 5.94. The van der Waals surface area contributed by atoms with Crippen LogP contribution < -0.4 is 10.2 Å². The van der Waals surface area contributed by atoms with E-state index in [0.29, 0.717) is 12.1 Å². The van der Waals surface area contributed by atoms with Gasteiger partial charge in [-0.15, -0.1) is 0 Å². The van der Waals surface area contributed by atoms with Gasteiger partial charge in [0.1, 0.15) is 35.0 Å². The van der Waals surface area contributed by atoms with Crippen LogP contribution in [0, 0.1) is 28.9 Å². The van der Waals surface area contributed by atoms with E-state index < -0.39 is 53.1 Å². The zero-order chi connectivity index (χ0) is 20.4. The monoisotopic (exact) mass is 409 g/mol. The molecule has 5 nitrogen and oxygen atoms in total. The van der Waals surface area contributed by atoms with Gasteiger partial charge in [0, 0.05) is 36.7 Å². The second-order valence-electron chi connectivity index (χ2n) is 5.29. The summed E-state index contributed by atoms with van der Waals surface area (Å²) in [5.41, 5.74) is -0.876. The van der Waals surface area contributed by atoms with Crippen molar-refractivity contribution >= 4 is 23.4 Å². The van der Waals surface area contributed by atoms with Gasteiger partial charge < -0.3 is 5.32 Å². The van der Waals surface area contributed by atoms with Crippen molar-refractivity contribution in [3.63, 3.8) is 0 Å². The van der Waals surface area contributed by atoms with Gasteiger partial charge in [0.2, 0.25) is 5.95 Å². The third-order valence-electron chi connectivity index (χ3n) is 3.31. The summed E-state index contributed by atoms with van der Waals surface area (Å²) in [4.78, 5) is 8.32. The average Bonchev–Trinajstić information content (AvgIpc) is 2.55. The van der Waals surface area contributed by atoms with Crippen molar-refractivity contribution in [2.24, 2.45) is 0 Å². The van der Waals surface area contributed by atoms with E-state index in [0.717, 1.165) is 4.90 Å². The van der Waals surface area contributed by atoms with Gasteiger partial charge >= 0.3 is 6.18 Å². The molecule has 2 aromatic rings. The maximum absolute atomic E-state index is 13.9. The minimum Gasteiger partial charge on any atom is -0.361 e. The third kappa shape index (κ3) is 5.13. The Bertz CT molecular complexity index is 872. The van der Waals surface area contributed by atoms with Crippen molar-refractivity contribution in [3.05, 3.63) is 45.9 Å². The van der Waals surface area contributed by atoms with E-state index in [1.54, 1.807) is 6.19 Å². The number of rotatable bonds is 5. The van der Waals surface area contributed by atoms with Crippen molar-refractivity contribution in [2.45, 2.75) is 12.6 Å². The van der Waals surface area contributed by atoms with Gasteiger partial charge in [-0.3, -0.25) is 4.90 Å². The molecule has 0 unspecified atom stereocenters. The van der Waals surface area contributed by atoms with Gasteiger partial charge in [0.15, 0.2) is 6.19 Å². The quantitative estimate of drug-likeness (QED) is 0.349. The van der Waals surface area contributed by atoms with Crippen molar-refractivity contribution in [1.29, 1.82) is 5.26 Å². The van der Waals surface area contributed by atoms with E-state index in [4.69, 9.17) is 16.9 Å². The fourth-order valence-electron chi connectivity index (χ4n) is 2.04. The molecule has 2 rings (SSSR count). The second kappa shape index (κ2) is 7.87. The first-order valence-corrected chi connectivity index (χ1v) is 7.53. The van der Waals surface area contributed by atoms with E-state index in [1.807, 2.05) is 5.32 Å². The van der Waals surface area contributed by atoms with Crippen LogP contribution in [0.5, 0.6) is 0 Å². The SMILES string of the molecule is CN(C#N)c1nc(Cl)c(Cc2c(F)cc(F)cc2F)c(NCC(F)(F)F)n1. The molecule has 0 amide bonds. The Morgan fingerprint density at radius 1 is 1.15 bits per heavy atom. The largest absolute Gasteiger partial charge is 0.405 e. The first-order chi connectivity index (χ1) is 12.5. The Labute approximate surface area is 154 Å². The number of nitriles is 1. The van der Waals surface area contributed by atoms with Crippen molar-refractivity contribution < 1.29 is 26.3 Å². The Morgan fingerprint density at radius 3 is 2.26 bits per heavy atom. The molecular formula is C15H10ClF6N5. The summed E-state index contributed by atoms with van der Waals surface area (Å²) in [5, 5.41) is 10.4. The van der Waals surface area contributed by atoms with Crippen LogP contribution in [-0.4, -0.2) is 29.7 Å². The van der Waals surface area contributed by atoms with Crippen molar-refractivity contribution in [2.75, 3.05) is 23.8 Å². The van der Waals surface area contributed by atoms with Gasteiger partial charge in [-0.2, -0.15) is 28.4 Å². The minimum absolute atomic E-state index is 0.250. The number of alkyl halides is 3. The van der Waals surface area contributed by atoms with Crippen LogP contribution in [0.2, 0.25) is 5.15 Å². The van der Waals surface area contributed by atoms with Crippen LogP contribution in [0.4, 0.5) is 38.1 Å². The molecule has 1 aromatic carbocycles. The van der Waals surface area contributed by atoms with Gasteiger partial charge in [-0.05, 0) is 0 Å². The number of aromatic nitrogens is 2. The standard InChI is InChI=1S/C15H10ClF6N5/c1-27(6-23)14-25-12(16)9(13(26-14)24-5-15(20,21)22)4-8-10(18)2-7(17)3-11(8)19/h2-3H,4-5H2,1H3,(H,24,25,26). The van der Waals surface area contributed by atoms with Gasteiger partial charge in [-0.25, -0.2) is 13.2 Å². The van der Waals surface area contributed by atoms with Crippen LogP contribution in [0.15, 0.2) is 12.1 Å². The highest BCUT2D eigenvalue weighted by atomic mass is 35.5. The van der Waals surface area contributed by atoms with Crippen LogP contribution in [0.1, 0.15) is 11.1 Å². The van der Waals surface area contributed by atoms with Crippen LogP contribution in [0.3, 0.4) is 0 Å². The molecule has 0 fully saturated rings. The van der Waals surface area contributed by atoms with E-state index in [-0.39, 0.29) is 11.5 Å². The molecule has 0 aliphatic rings. The number of nitrogens with one attached hydrogen (secondary N) is 1. The zero-order valence-electron chi connectivity index (χ0n) is 13.5. The molecule has 0 saturated heterocycles. The fourth-order valence-corrected chi connectivity index (χ4v) is 2.28. The lowest BCUT2D eigenvalue weighted by Gasteiger charge is -2.17. The lowest BCUT2D eigenvalue weighted by Crippen LogP contribution is -2.24. The Morgan fingerprint density at radius 2 is 1.74 bits per heavy atom. The smallest absolute Gasteiger partial charge is 0.361 e. The molecule has 0 radical (unpaired) electrons. The molecule has 1 heterocycles. The van der Waals surface area contributed by atoms with Crippen LogP contribution in [-0.2, 0) is 6.42 Å². The predicted molar refractivity (Wildman–Crippen MR) is 84.7 cm³/mol. The summed E-state index contributed by atoms with van der Waals surface area (Å²) in [6.07, 6.45) is -3.63. The van der Waals surface area contributed by atoms with Crippen LogP contribution >= 0.6 is 11.6 Å². The molecule has 0 atom stereocenters. The number of benzene rings is 1. The normalized spacial score (nSPS) is 11.2. The van der Waals surface area contributed by atoms with Gasteiger partial charge in [-0.1, -0.05) is 11.6 Å². The van der Waals surface area contributed by atoms with E-state index in [9.17, 15) is 26.3 Å². The second-order valence-corrected chi connectivity index (χ2v) is 5.65. The molecule has 0 aliphatic carbocycles. The molecule has 144 valence electrons. The molecule has 1 aromatic heterocycles. The highest BCUT2D eigenvalue weighted by Gasteiger charge is 2.28. The summed E-state index contributed by atoms with van der Waals surface area (Å²) in [5.74, 6) is -4.44. The summed E-state index contributed by atoms with van der Waals surface area (Å²) < 4.78 is 78.4. The third-order valence-corrected chi connectivity index (χ3v) is 3.62. The Kier molecular flexibility index (Phi) is 6.00. The van der Waals surface area contributed by atoms with E-state index in [1.165, 1.54) is 7.05 Å². The predicted octanol–water partition coefficient (Wildman–Crippen LogP) is 4.03. The van der Waals surface area contributed by atoms with E-state index >= 15 is 0 Å². The highest BCUT2D eigenvalue weighted by molar-refractivity contribution is 6.30.